The normalized spacial score (nSPS) is 30.7. The summed E-state index contributed by atoms with van der Waals surface area (Å²) in [5.41, 5.74) is 1.26. The van der Waals surface area contributed by atoms with Crippen LogP contribution in [0, 0.1) is 11.3 Å². The van der Waals surface area contributed by atoms with E-state index in [1.54, 1.807) is 12.1 Å². The van der Waals surface area contributed by atoms with E-state index in [0.717, 1.165) is 50.0 Å². The monoisotopic (exact) mass is 471 g/mol. The van der Waals surface area contributed by atoms with Gasteiger partial charge in [-0.2, -0.15) is 0 Å². The van der Waals surface area contributed by atoms with E-state index in [-0.39, 0.29) is 29.3 Å². The number of carbonyl (C=O) groups is 1. The third-order valence-corrected chi connectivity index (χ3v) is 7.53. The SMILES string of the molecule is CC(C)=CCC[C@@]1(C)Oc2cc(O)ccc2[C@H]2OC[C@@]3(CCCN(C(=O)OC(C)(C)C)C3)C[C@@H]21. The number of benzene rings is 1. The molecular formula is C28H41NO5. The highest BCUT2D eigenvalue weighted by Gasteiger charge is 2.55. The van der Waals surface area contributed by atoms with Crippen LogP contribution in [0.2, 0.25) is 0 Å². The molecule has 1 aromatic rings. The summed E-state index contributed by atoms with van der Waals surface area (Å²) >= 11 is 0. The van der Waals surface area contributed by atoms with Crippen LogP contribution in [-0.2, 0) is 9.47 Å². The molecular weight excluding hydrogens is 430 g/mol. The molecule has 0 unspecified atom stereocenters. The number of allylic oxidation sites excluding steroid dienone is 2. The standard InChI is InChI=1S/C28H41NO5/c1-19(2)9-7-12-27(6)22-16-28(13-8-14-29(17-28)25(31)34-26(3,4)5)18-32-24(22)21-11-10-20(30)15-23(21)33-27/h9-11,15,22,24,30H,7-8,12-14,16-18H2,1-6H3/t22-,24+,27+,28-/m0/s1. The Hall–Kier alpha value is -2.21. The molecule has 2 fully saturated rings. The minimum absolute atomic E-state index is 0.0800. The zero-order valence-electron chi connectivity index (χ0n) is 21.6. The third kappa shape index (κ3) is 5.22. The van der Waals surface area contributed by atoms with Crippen LogP contribution in [0.25, 0.3) is 0 Å². The van der Waals surface area contributed by atoms with Crippen molar-refractivity contribution in [1.29, 1.82) is 0 Å². The van der Waals surface area contributed by atoms with Crippen molar-refractivity contribution in [1.82, 2.24) is 4.90 Å². The fourth-order valence-corrected chi connectivity index (χ4v) is 5.89. The number of piperidine rings is 1. The van der Waals surface area contributed by atoms with Crippen LogP contribution >= 0.6 is 0 Å². The molecule has 188 valence electrons. The number of hydrogen-bond acceptors (Lipinski definition) is 5. The number of fused-ring (bicyclic) bond motifs is 3. The van der Waals surface area contributed by atoms with Gasteiger partial charge < -0.3 is 24.2 Å². The molecule has 1 aromatic carbocycles. The summed E-state index contributed by atoms with van der Waals surface area (Å²) in [4.78, 5) is 14.7. The number of likely N-dealkylation sites (tertiary alicyclic amines) is 1. The fraction of sp³-hybridized carbons (Fsp3) is 0.679. The number of amides is 1. The number of hydrogen-bond donors (Lipinski definition) is 1. The molecule has 34 heavy (non-hydrogen) atoms. The first-order valence-electron chi connectivity index (χ1n) is 12.6. The highest BCUT2D eigenvalue weighted by molar-refractivity contribution is 5.68. The lowest BCUT2D eigenvalue weighted by atomic mass is 9.64. The van der Waals surface area contributed by atoms with Crippen molar-refractivity contribution in [2.45, 2.75) is 91.0 Å². The van der Waals surface area contributed by atoms with E-state index in [0.29, 0.717) is 13.2 Å². The Labute approximate surface area is 204 Å². The van der Waals surface area contributed by atoms with E-state index in [1.807, 2.05) is 31.7 Å². The molecule has 2 saturated heterocycles. The number of rotatable bonds is 3. The van der Waals surface area contributed by atoms with Gasteiger partial charge in [0.05, 0.1) is 12.7 Å². The van der Waals surface area contributed by atoms with Gasteiger partial charge in [0.2, 0.25) is 0 Å². The molecule has 3 aliphatic rings. The fourth-order valence-electron chi connectivity index (χ4n) is 5.89. The number of aromatic hydroxyl groups is 1. The highest BCUT2D eigenvalue weighted by atomic mass is 16.6. The Balaban J connectivity index is 1.60. The van der Waals surface area contributed by atoms with Crippen LogP contribution in [0.1, 0.15) is 85.3 Å². The maximum atomic E-state index is 12.9. The van der Waals surface area contributed by atoms with Crippen LogP contribution in [0.15, 0.2) is 29.8 Å². The summed E-state index contributed by atoms with van der Waals surface area (Å²) in [5.74, 6) is 1.08. The minimum atomic E-state index is -0.508. The summed E-state index contributed by atoms with van der Waals surface area (Å²) in [5, 5.41) is 10.1. The molecule has 4 atom stereocenters. The van der Waals surface area contributed by atoms with Gasteiger partial charge in [0.1, 0.15) is 22.7 Å². The maximum absolute atomic E-state index is 12.9. The first kappa shape index (κ1) is 24.9. The van der Waals surface area contributed by atoms with Gasteiger partial charge in [0.25, 0.3) is 0 Å². The molecule has 3 aliphatic heterocycles. The van der Waals surface area contributed by atoms with Gasteiger partial charge in [-0.3, -0.25) is 0 Å². The summed E-state index contributed by atoms with van der Waals surface area (Å²) < 4.78 is 19.0. The van der Waals surface area contributed by atoms with Crippen molar-refractivity contribution < 1.29 is 24.1 Å². The van der Waals surface area contributed by atoms with E-state index in [1.165, 1.54) is 5.57 Å². The second-order valence-corrected chi connectivity index (χ2v) is 12.0. The van der Waals surface area contributed by atoms with Crippen molar-refractivity contribution in [2.24, 2.45) is 11.3 Å². The number of ether oxygens (including phenoxy) is 3. The van der Waals surface area contributed by atoms with E-state index in [2.05, 4.69) is 26.8 Å². The molecule has 0 aromatic heterocycles. The molecule has 1 N–H and O–H groups in total. The van der Waals surface area contributed by atoms with Crippen molar-refractivity contribution in [3.8, 4) is 11.5 Å². The lowest BCUT2D eigenvalue weighted by Crippen LogP contribution is -2.57. The van der Waals surface area contributed by atoms with Crippen molar-refractivity contribution in [2.75, 3.05) is 19.7 Å². The Morgan fingerprint density at radius 2 is 2.09 bits per heavy atom. The Morgan fingerprint density at radius 3 is 2.79 bits per heavy atom. The molecule has 6 nitrogen and oxygen atoms in total. The zero-order chi connectivity index (χ0) is 24.7. The molecule has 0 bridgehead atoms. The zero-order valence-corrected chi connectivity index (χ0v) is 21.6. The molecule has 6 heteroatoms. The Bertz CT molecular complexity index is 947. The molecule has 1 spiro atoms. The lowest BCUT2D eigenvalue weighted by molar-refractivity contribution is -0.180. The van der Waals surface area contributed by atoms with Gasteiger partial charge in [-0.1, -0.05) is 11.6 Å². The number of phenols is 1. The topological polar surface area (TPSA) is 68.2 Å². The largest absolute Gasteiger partial charge is 0.508 e. The molecule has 0 radical (unpaired) electrons. The first-order chi connectivity index (χ1) is 15.9. The second-order valence-electron chi connectivity index (χ2n) is 12.0. The van der Waals surface area contributed by atoms with Crippen molar-refractivity contribution in [3.63, 3.8) is 0 Å². The summed E-state index contributed by atoms with van der Waals surface area (Å²) in [6.07, 6.45) is 6.64. The third-order valence-electron chi connectivity index (χ3n) is 7.53. The van der Waals surface area contributed by atoms with E-state index < -0.39 is 11.2 Å². The first-order valence-corrected chi connectivity index (χ1v) is 12.6. The predicted molar refractivity (Wildman–Crippen MR) is 132 cm³/mol. The molecule has 3 heterocycles. The van der Waals surface area contributed by atoms with Gasteiger partial charge >= 0.3 is 6.09 Å². The summed E-state index contributed by atoms with van der Waals surface area (Å²) in [6, 6.07) is 5.36. The van der Waals surface area contributed by atoms with Crippen LogP contribution in [0.3, 0.4) is 0 Å². The molecule has 0 aliphatic carbocycles. The van der Waals surface area contributed by atoms with Crippen LogP contribution in [0.4, 0.5) is 4.79 Å². The van der Waals surface area contributed by atoms with Gasteiger partial charge in [-0.15, -0.1) is 0 Å². The molecule has 0 saturated carbocycles. The van der Waals surface area contributed by atoms with E-state index in [4.69, 9.17) is 14.2 Å². The second kappa shape index (κ2) is 9.10. The van der Waals surface area contributed by atoms with Gasteiger partial charge in [0, 0.05) is 36.1 Å². The van der Waals surface area contributed by atoms with Gasteiger partial charge in [-0.05, 0) is 85.8 Å². The average molecular weight is 472 g/mol. The quantitative estimate of drug-likeness (QED) is 0.518. The van der Waals surface area contributed by atoms with Crippen molar-refractivity contribution in [3.05, 3.63) is 35.4 Å². The summed E-state index contributed by atoms with van der Waals surface area (Å²) in [7, 11) is 0. The van der Waals surface area contributed by atoms with Crippen molar-refractivity contribution >= 4 is 6.09 Å². The number of phenolic OH excluding ortho intramolecular Hbond substituents is 1. The Morgan fingerprint density at radius 1 is 1.32 bits per heavy atom. The molecule has 4 rings (SSSR count). The smallest absolute Gasteiger partial charge is 0.410 e. The van der Waals surface area contributed by atoms with Gasteiger partial charge in [-0.25, -0.2) is 4.79 Å². The molecule has 1 amide bonds. The van der Waals surface area contributed by atoms with Crippen LogP contribution in [-0.4, -0.2) is 47.0 Å². The highest BCUT2D eigenvalue weighted by Crippen LogP contribution is 2.56. The lowest BCUT2D eigenvalue weighted by Gasteiger charge is -2.55. The van der Waals surface area contributed by atoms with E-state index in [9.17, 15) is 9.90 Å². The van der Waals surface area contributed by atoms with Gasteiger partial charge in [0.15, 0.2) is 0 Å². The number of carbonyl (C=O) groups excluding carboxylic acids is 1. The van der Waals surface area contributed by atoms with Crippen LogP contribution < -0.4 is 4.74 Å². The number of nitrogens with zero attached hydrogens (tertiary/aromatic N) is 1. The summed E-state index contributed by atoms with van der Waals surface area (Å²) in [6.45, 7) is 14.1. The average Bonchev–Trinajstić information content (AvgIpc) is 2.72. The minimum Gasteiger partial charge on any atom is -0.508 e. The Kier molecular flexibility index (Phi) is 6.67. The van der Waals surface area contributed by atoms with E-state index >= 15 is 0 Å². The predicted octanol–water partition coefficient (Wildman–Crippen LogP) is 6.38. The maximum Gasteiger partial charge on any atom is 0.410 e. The van der Waals surface area contributed by atoms with Crippen LogP contribution in [0.5, 0.6) is 11.5 Å².